The molecule has 4 nitrogen and oxygen atoms in total. The van der Waals surface area contributed by atoms with Crippen molar-refractivity contribution in [1.29, 1.82) is 0 Å². The lowest BCUT2D eigenvalue weighted by atomic mass is 10.1. The number of para-hydroxylation sites is 1. The average Bonchev–Trinajstić information content (AvgIpc) is 2.64. The molecule has 1 aliphatic rings. The molecule has 0 bridgehead atoms. The van der Waals surface area contributed by atoms with Gasteiger partial charge in [0.05, 0.1) is 12.8 Å². The van der Waals surface area contributed by atoms with E-state index in [2.05, 4.69) is 22.0 Å². The minimum atomic E-state index is 0.749. The van der Waals surface area contributed by atoms with Crippen LogP contribution in [0.25, 0.3) is 0 Å². The normalized spacial score (nSPS) is 16.1. The van der Waals surface area contributed by atoms with E-state index < -0.39 is 0 Å². The smallest absolute Gasteiger partial charge is 0.123 e. The zero-order valence-electron chi connectivity index (χ0n) is 14.8. The second kappa shape index (κ2) is 8.37. The molecular weight excluding hydrogens is 334 g/mol. The van der Waals surface area contributed by atoms with Crippen LogP contribution in [0.4, 0.5) is 0 Å². The van der Waals surface area contributed by atoms with Crippen LogP contribution in [0.5, 0.6) is 5.75 Å². The molecule has 0 amide bonds. The molecule has 1 aliphatic heterocycles. The van der Waals surface area contributed by atoms with E-state index in [0.29, 0.717) is 0 Å². The molecule has 132 valence electrons. The first-order chi connectivity index (χ1) is 12.2. The van der Waals surface area contributed by atoms with E-state index in [1.54, 1.807) is 7.11 Å². The Morgan fingerprint density at radius 3 is 2.44 bits per heavy atom. The predicted molar refractivity (Wildman–Crippen MR) is 104 cm³/mol. The molecule has 0 unspecified atom stereocenters. The maximum Gasteiger partial charge on any atom is 0.123 e. The standard InChI is InChI=1S/C20H24ClN3O/c1-16(18-8-4-5-9-19(18)21)22-24-13-11-23(12-14-24)15-17-7-3-6-10-20(17)25-2/h3-10H,11-15H2,1-2H3/b22-16+. The van der Waals surface area contributed by atoms with E-state index in [-0.39, 0.29) is 0 Å². The Hall–Kier alpha value is -2.04. The molecule has 0 atom stereocenters. The third kappa shape index (κ3) is 4.53. The van der Waals surface area contributed by atoms with Crippen molar-refractivity contribution in [2.75, 3.05) is 33.3 Å². The summed E-state index contributed by atoms with van der Waals surface area (Å²) in [5, 5.41) is 7.64. The zero-order valence-corrected chi connectivity index (χ0v) is 15.5. The second-order valence-electron chi connectivity index (χ2n) is 6.21. The first kappa shape index (κ1) is 17.8. The Morgan fingerprint density at radius 2 is 1.72 bits per heavy atom. The van der Waals surface area contributed by atoms with Crippen LogP contribution in [0.2, 0.25) is 5.02 Å². The summed E-state index contributed by atoms with van der Waals surface area (Å²) in [5.41, 5.74) is 3.19. The molecule has 2 aromatic rings. The Labute approximate surface area is 154 Å². The SMILES string of the molecule is COc1ccccc1CN1CCN(/N=C(\C)c2ccccc2Cl)CC1. The Bertz CT molecular complexity index is 739. The highest BCUT2D eigenvalue weighted by Gasteiger charge is 2.17. The number of rotatable bonds is 5. The van der Waals surface area contributed by atoms with E-state index in [4.69, 9.17) is 21.4 Å². The monoisotopic (exact) mass is 357 g/mol. The average molecular weight is 358 g/mol. The fraction of sp³-hybridized carbons (Fsp3) is 0.350. The molecule has 2 aromatic carbocycles. The Morgan fingerprint density at radius 1 is 1.04 bits per heavy atom. The van der Waals surface area contributed by atoms with Crippen molar-refractivity contribution < 1.29 is 4.74 Å². The molecule has 1 saturated heterocycles. The number of hydrazone groups is 1. The van der Waals surface area contributed by atoms with Gasteiger partial charge in [-0.25, -0.2) is 0 Å². The van der Waals surface area contributed by atoms with Crippen LogP contribution in [-0.4, -0.2) is 48.9 Å². The van der Waals surface area contributed by atoms with Gasteiger partial charge in [-0.05, 0) is 19.1 Å². The van der Waals surface area contributed by atoms with Crippen LogP contribution in [0.15, 0.2) is 53.6 Å². The highest BCUT2D eigenvalue weighted by molar-refractivity contribution is 6.34. The lowest BCUT2D eigenvalue weighted by Crippen LogP contribution is -2.43. The summed E-state index contributed by atoms with van der Waals surface area (Å²) in [4.78, 5) is 2.44. The number of halogens is 1. The summed E-state index contributed by atoms with van der Waals surface area (Å²) >= 11 is 6.26. The molecule has 0 N–H and O–H groups in total. The van der Waals surface area contributed by atoms with Crippen LogP contribution >= 0.6 is 11.6 Å². The number of hydrogen-bond donors (Lipinski definition) is 0. The van der Waals surface area contributed by atoms with Gasteiger partial charge in [0.25, 0.3) is 0 Å². The van der Waals surface area contributed by atoms with Crippen molar-refractivity contribution in [2.45, 2.75) is 13.5 Å². The summed E-state index contributed by atoms with van der Waals surface area (Å²) in [5.74, 6) is 0.956. The highest BCUT2D eigenvalue weighted by Crippen LogP contribution is 2.20. The zero-order chi connectivity index (χ0) is 17.6. The third-order valence-electron chi connectivity index (χ3n) is 4.49. The summed E-state index contributed by atoms with van der Waals surface area (Å²) < 4.78 is 5.45. The first-order valence-corrected chi connectivity index (χ1v) is 8.94. The summed E-state index contributed by atoms with van der Waals surface area (Å²) in [7, 11) is 1.73. The fourth-order valence-electron chi connectivity index (χ4n) is 3.09. The van der Waals surface area contributed by atoms with Gasteiger partial charge >= 0.3 is 0 Å². The molecule has 3 rings (SSSR count). The lowest BCUT2D eigenvalue weighted by molar-refractivity contribution is 0.130. The molecule has 0 aliphatic carbocycles. The van der Waals surface area contributed by atoms with Gasteiger partial charge in [-0.15, -0.1) is 0 Å². The molecule has 0 saturated carbocycles. The number of methoxy groups -OCH3 is 1. The van der Waals surface area contributed by atoms with Gasteiger partial charge in [0, 0.05) is 48.9 Å². The van der Waals surface area contributed by atoms with Gasteiger partial charge in [0.2, 0.25) is 0 Å². The molecule has 25 heavy (non-hydrogen) atoms. The van der Waals surface area contributed by atoms with Crippen LogP contribution in [0.3, 0.4) is 0 Å². The quantitative estimate of drug-likeness (QED) is 0.760. The molecule has 0 radical (unpaired) electrons. The van der Waals surface area contributed by atoms with Crippen LogP contribution in [0.1, 0.15) is 18.1 Å². The number of piperazine rings is 1. The van der Waals surface area contributed by atoms with Crippen molar-refractivity contribution >= 4 is 17.3 Å². The second-order valence-corrected chi connectivity index (χ2v) is 6.61. The molecule has 1 fully saturated rings. The minimum Gasteiger partial charge on any atom is -0.496 e. The van der Waals surface area contributed by atoms with E-state index in [1.165, 1.54) is 5.56 Å². The van der Waals surface area contributed by atoms with Crippen molar-refractivity contribution in [3.05, 3.63) is 64.7 Å². The van der Waals surface area contributed by atoms with Gasteiger partial charge in [-0.2, -0.15) is 5.10 Å². The van der Waals surface area contributed by atoms with Gasteiger partial charge < -0.3 is 4.74 Å². The summed E-state index contributed by atoms with van der Waals surface area (Å²) in [6.45, 7) is 6.72. The number of benzene rings is 2. The van der Waals surface area contributed by atoms with E-state index >= 15 is 0 Å². The van der Waals surface area contributed by atoms with E-state index in [1.807, 2.05) is 43.3 Å². The number of nitrogens with zero attached hydrogens (tertiary/aromatic N) is 3. The largest absolute Gasteiger partial charge is 0.496 e. The number of ether oxygens (including phenoxy) is 1. The molecule has 0 aromatic heterocycles. The number of hydrogen-bond acceptors (Lipinski definition) is 4. The van der Waals surface area contributed by atoms with Crippen molar-refractivity contribution in [3.8, 4) is 5.75 Å². The van der Waals surface area contributed by atoms with Crippen LogP contribution in [0, 0.1) is 0 Å². The van der Waals surface area contributed by atoms with Crippen molar-refractivity contribution in [1.82, 2.24) is 9.91 Å². The van der Waals surface area contributed by atoms with Gasteiger partial charge in [0.15, 0.2) is 0 Å². The Kier molecular flexibility index (Phi) is 5.95. The predicted octanol–water partition coefficient (Wildman–Crippen LogP) is 3.89. The maximum absolute atomic E-state index is 6.26. The van der Waals surface area contributed by atoms with Crippen LogP contribution < -0.4 is 4.74 Å². The molecule has 1 heterocycles. The van der Waals surface area contributed by atoms with Gasteiger partial charge in [0.1, 0.15) is 5.75 Å². The van der Waals surface area contributed by atoms with E-state index in [0.717, 1.165) is 54.8 Å². The molecule has 0 spiro atoms. The van der Waals surface area contributed by atoms with Gasteiger partial charge in [-0.1, -0.05) is 48.0 Å². The van der Waals surface area contributed by atoms with Crippen molar-refractivity contribution in [3.63, 3.8) is 0 Å². The Balaban J connectivity index is 1.59. The lowest BCUT2D eigenvalue weighted by Gasteiger charge is -2.33. The topological polar surface area (TPSA) is 28.1 Å². The van der Waals surface area contributed by atoms with E-state index in [9.17, 15) is 0 Å². The van der Waals surface area contributed by atoms with Gasteiger partial charge in [-0.3, -0.25) is 9.91 Å². The minimum absolute atomic E-state index is 0.749. The third-order valence-corrected chi connectivity index (χ3v) is 4.82. The molecule has 5 heteroatoms. The van der Waals surface area contributed by atoms with Crippen LogP contribution in [-0.2, 0) is 6.54 Å². The fourth-order valence-corrected chi connectivity index (χ4v) is 3.36. The maximum atomic E-state index is 6.26. The first-order valence-electron chi connectivity index (χ1n) is 8.56. The summed E-state index contributed by atoms with van der Waals surface area (Å²) in [6, 6.07) is 16.1. The summed E-state index contributed by atoms with van der Waals surface area (Å²) in [6.07, 6.45) is 0. The van der Waals surface area contributed by atoms with Crippen molar-refractivity contribution in [2.24, 2.45) is 5.10 Å². The highest BCUT2D eigenvalue weighted by atomic mass is 35.5. The molecular formula is C20H24ClN3O.